The number of piperazine rings is 1. The second-order valence-corrected chi connectivity index (χ2v) is 25.3. The zero-order valence-corrected chi connectivity index (χ0v) is 42.8. The van der Waals surface area contributed by atoms with Crippen molar-refractivity contribution in [1.29, 1.82) is 0 Å². The molecule has 0 unspecified atom stereocenters. The summed E-state index contributed by atoms with van der Waals surface area (Å²) in [5, 5.41) is 28.1. The Morgan fingerprint density at radius 2 is 1.48 bits per heavy atom. The second kappa shape index (κ2) is 17.0. The summed E-state index contributed by atoms with van der Waals surface area (Å²) in [6, 6.07) is 7.52. The number of rotatable bonds is 11. The Labute approximate surface area is 400 Å². The van der Waals surface area contributed by atoms with Crippen LogP contribution in [-0.2, 0) is 23.9 Å². The number of allylic oxidation sites excluding steroid dienone is 1. The lowest BCUT2D eigenvalue weighted by molar-refractivity contribution is -0.238. The van der Waals surface area contributed by atoms with Gasteiger partial charge in [0.05, 0.1) is 17.9 Å². The van der Waals surface area contributed by atoms with Gasteiger partial charge in [0.25, 0.3) is 5.91 Å². The first-order chi connectivity index (χ1) is 31.2. The van der Waals surface area contributed by atoms with Crippen molar-refractivity contribution in [3.05, 3.63) is 41.0 Å². The van der Waals surface area contributed by atoms with Crippen LogP contribution in [0.5, 0.6) is 0 Å². The number of nitrogens with one attached hydrogen (secondary N) is 2. The molecule has 1 saturated heterocycles. The number of nitrogens with zero attached hydrogens (tertiary/aromatic N) is 2. The number of likely N-dealkylation sites (N-methyl/N-ethyl adjacent to an activating group) is 1. The minimum atomic E-state index is -1.26. The monoisotopic (exact) mass is 927 g/mol. The number of carbonyl (C=O) groups excluding carboxylic acids is 4. The standard InChI is InChI=1S/C55H82N4O8/c1-32(2)43-38(60)30-55(41(61)31-56-48(66)51(7,8)57-45(62)33-13-15-34(16-14-33)59-27-25-58(12)26-28-59)24-23-53(10)35(44(43)55)17-18-40-52(9)21-20-42(50(5,6)39(52)19-22-54(40,53)11)67-47(65)37-29-36(46(63)64)49(37,3)4/h13-16,32,35-37,39-42,61H,17-31H2,1-12H3,(H,56,66)(H,57,62)(H,63,64)/t35-,36+,37-,39+,40-,41+,42+,52+,53-,54-,55+/m1/s1. The number of anilines is 1. The highest BCUT2D eigenvalue weighted by Crippen LogP contribution is 2.77. The molecule has 370 valence electrons. The number of hydrogen-bond acceptors (Lipinski definition) is 9. The van der Waals surface area contributed by atoms with Crippen molar-refractivity contribution in [2.24, 2.45) is 68.0 Å². The summed E-state index contributed by atoms with van der Waals surface area (Å²) in [7, 11) is 2.12. The van der Waals surface area contributed by atoms with Crippen molar-refractivity contribution in [3.8, 4) is 0 Å². The number of Topliss-reactive ketones (excluding diaryl/α,β-unsaturated/α-hetero) is 1. The molecule has 1 aromatic carbocycles. The summed E-state index contributed by atoms with van der Waals surface area (Å²) in [5.41, 5.74) is 0.449. The highest BCUT2D eigenvalue weighted by Gasteiger charge is 2.71. The minimum absolute atomic E-state index is 0.00335. The number of esters is 1. The number of aliphatic hydroxyl groups excluding tert-OH is 1. The minimum Gasteiger partial charge on any atom is -0.481 e. The van der Waals surface area contributed by atoms with E-state index in [1.807, 2.05) is 26.0 Å². The van der Waals surface area contributed by atoms with E-state index < -0.39 is 46.2 Å². The first-order valence-corrected chi connectivity index (χ1v) is 25.7. The lowest BCUT2D eigenvalue weighted by Crippen LogP contribution is -2.66. The van der Waals surface area contributed by atoms with Crippen LogP contribution in [-0.4, -0.2) is 102 Å². The zero-order valence-electron chi connectivity index (χ0n) is 42.8. The molecule has 1 aliphatic heterocycles. The molecule has 0 spiro atoms. The van der Waals surface area contributed by atoms with Gasteiger partial charge in [-0.3, -0.25) is 24.0 Å². The number of benzene rings is 1. The van der Waals surface area contributed by atoms with E-state index in [0.717, 1.165) is 88.0 Å². The van der Waals surface area contributed by atoms with Gasteiger partial charge in [-0.2, -0.15) is 0 Å². The highest BCUT2D eigenvalue weighted by molar-refractivity contribution is 6.01. The SMILES string of the molecule is CC(C)C1=C2[C@H]3CC[C@@H]4[C@@]5(C)CC[C@H](OC(=O)[C@H]6C[C@@H](C(=O)O)C6(C)C)C(C)(C)[C@@H]5CC[C@@]4(C)[C@]3(C)CC[C@@]2([C@@H](O)CNC(=O)C(C)(C)NC(=O)c2ccc(N3CCN(C)CC3)cc2)CC1=O. The molecule has 67 heavy (non-hydrogen) atoms. The predicted octanol–water partition coefficient (Wildman–Crippen LogP) is 8.06. The molecular formula is C55H82N4O8. The number of ether oxygens (including phenoxy) is 1. The summed E-state index contributed by atoms with van der Waals surface area (Å²) in [6.07, 6.45) is 6.57. The number of carboxylic acids is 1. The van der Waals surface area contributed by atoms with Gasteiger partial charge in [-0.05, 0) is 154 Å². The van der Waals surface area contributed by atoms with Gasteiger partial charge in [0.1, 0.15) is 11.6 Å². The van der Waals surface area contributed by atoms with Gasteiger partial charge < -0.3 is 35.4 Å². The Bertz CT molecular complexity index is 2190. The van der Waals surface area contributed by atoms with Crippen molar-refractivity contribution < 1.29 is 38.9 Å². The fourth-order valence-electron chi connectivity index (χ4n) is 16.1. The van der Waals surface area contributed by atoms with E-state index in [0.29, 0.717) is 30.2 Å². The molecule has 6 fully saturated rings. The Hall–Kier alpha value is -3.77. The van der Waals surface area contributed by atoms with Gasteiger partial charge in [0.15, 0.2) is 5.78 Å². The molecule has 0 aromatic heterocycles. The summed E-state index contributed by atoms with van der Waals surface area (Å²) < 4.78 is 6.43. The highest BCUT2D eigenvalue weighted by atomic mass is 16.5. The van der Waals surface area contributed by atoms with Crippen LogP contribution in [0.3, 0.4) is 0 Å². The molecule has 5 saturated carbocycles. The molecule has 0 radical (unpaired) electrons. The van der Waals surface area contributed by atoms with Gasteiger partial charge in [-0.15, -0.1) is 0 Å². The maximum atomic E-state index is 14.3. The third-order valence-corrected chi connectivity index (χ3v) is 20.6. The van der Waals surface area contributed by atoms with Crippen molar-refractivity contribution in [1.82, 2.24) is 15.5 Å². The quantitative estimate of drug-likeness (QED) is 0.160. The van der Waals surface area contributed by atoms with Crippen LogP contribution in [0.25, 0.3) is 0 Å². The number of amides is 2. The van der Waals surface area contributed by atoms with E-state index in [2.05, 4.69) is 75.9 Å². The smallest absolute Gasteiger partial charge is 0.309 e. The number of carboxylic acid groups (broad SMARTS) is 1. The van der Waals surface area contributed by atoms with E-state index in [4.69, 9.17) is 4.74 Å². The average Bonchev–Trinajstić information content (AvgIpc) is 3.56. The van der Waals surface area contributed by atoms with Crippen LogP contribution in [0.1, 0.15) is 151 Å². The normalized spacial score (nSPS) is 37.3. The molecule has 1 aromatic rings. The number of aliphatic carboxylic acids is 1. The van der Waals surface area contributed by atoms with Crippen LogP contribution < -0.4 is 15.5 Å². The maximum Gasteiger partial charge on any atom is 0.309 e. The maximum absolute atomic E-state index is 14.3. The van der Waals surface area contributed by atoms with Crippen LogP contribution in [0.4, 0.5) is 5.69 Å². The molecule has 6 aliphatic carbocycles. The molecule has 12 nitrogen and oxygen atoms in total. The van der Waals surface area contributed by atoms with Gasteiger partial charge in [0, 0.05) is 61.2 Å². The summed E-state index contributed by atoms with van der Waals surface area (Å²) in [5.74, 6) is -1.81. The Balaban J connectivity index is 0.962. The molecule has 7 aliphatic rings. The van der Waals surface area contributed by atoms with Crippen LogP contribution in [0.2, 0.25) is 0 Å². The van der Waals surface area contributed by atoms with E-state index in [1.165, 1.54) is 0 Å². The third-order valence-electron chi connectivity index (χ3n) is 20.6. The second-order valence-electron chi connectivity index (χ2n) is 25.3. The van der Waals surface area contributed by atoms with E-state index in [-0.39, 0.29) is 70.2 Å². The van der Waals surface area contributed by atoms with Gasteiger partial charge in [-0.25, -0.2) is 0 Å². The molecule has 12 heteroatoms. The van der Waals surface area contributed by atoms with Gasteiger partial charge in [-0.1, -0.05) is 67.9 Å². The molecule has 8 rings (SSSR count). The number of carbonyl (C=O) groups is 5. The lowest BCUT2D eigenvalue weighted by atomic mass is 9.33. The van der Waals surface area contributed by atoms with E-state index in [1.54, 1.807) is 26.0 Å². The van der Waals surface area contributed by atoms with Crippen molar-refractivity contribution >= 4 is 35.2 Å². The first kappa shape index (κ1) is 49.6. The molecule has 0 bridgehead atoms. The van der Waals surface area contributed by atoms with E-state index in [9.17, 15) is 34.2 Å². The van der Waals surface area contributed by atoms with Crippen LogP contribution >= 0.6 is 0 Å². The molecule has 1 heterocycles. The number of ketones is 1. The average molecular weight is 927 g/mol. The molecule has 11 atom stereocenters. The third kappa shape index (κ3) is 7.79. The largest absolute Gasteiger partial charge is 0.481 e. The van der Waals surface area contributed by atoms with E-state index >= 15 is 0 Å². The van der Waals surface area contributed by atoms with Crippen LogP contribution in [0, 0.1) is 68.0 Å². The van der Waals surface area contributed by atoms with Crippen molar-refractivity contribution in [2.45, 2.75) is 158 Å². The summed E-state index contributed by atoms with van der Waals surface area (Å²) >= 11 is 0. The lowest BCUT2D eigenvalue weighted by Gasteiger charge is -2.72. The summed E-state index contributed by atoms with van der Waals surface area (Å²) in [6.45, 7) is 27.2. The number of fused-ring (bicyclic) bond motifs is 7. The number of hydrogen-bond donors (Lipinski definition) is 4. The first-order valence-electron chi connectivity index (χ1n) is 25.7. The molecule has 4 N–H and O–H groups in total. The summed E-state index contributed by atoms with van der Waals surface area (Å²) in [4.78, 5) is 71.9. The molecule has 2 amide bonds. The van der Waals surface area contributed by atoms with Crippen molar-refractivity contribution in [3.63, 3.8) is 0 Å². The predicted molar refractivity (Wildman–Crippen MR) is 259 cm³/mol. The Morgan fingerprint density at radius 1 is 0.821 bits per heavy atom. The number of aliphatic hydroxyl groups is 1. The Morgan fingerprint density at radius 3 is 2.09 bits per heavy atom. The van der Waals surface area contributed by atoms with Gasteiger partial charge >= 0.3 is 11.9 Å². The Kier molecular flexibility index (Phi) is 12.6. The fourth-order valence-corrected chi connectivity index (χ4v) is 16.1. The van der Waals surface area contributed by atoms with Crippen molar-refractivity contribution in [2.75, 3.05) is 44.7 Å². The van der Waals surface area contributed by atoms with Gasteiger partial charge in [0.2, 0.25) is 5.91 Å². The fraction of sp³-hybridized carbons (Fsp3) is 0.764. The zero-order chi connectivity index (χ0) is 49.0. The van der Waals surface area contributed by atoms with Crippen LogP contribution in [0.15, 0.2) is 35.4 Å². The molecular weight excluding hydrogens is 845 g/mol. The topological polar surface area (TPSA) is 166 Å².